The van der Waals surface area contributed by atoms with Crippen LogP contribution in [-0.4, -0.2) is 53.6 Å². The molecule has 3 aromatic heterocycles. The van der Waals surface area contributed by atoms with Crippen molar-refractivity contribution in [3.8, 4) is 17.2 Å². The van der Waals surface area contributed by atoms with Gasteiger partial charge in [-0.15, -0.1) is 5.10 Å². The number of hydrogen-bond acceptors (Lipinski definition) is 6. The Balaban J connectivity index is 1.30. The predicted octanol–water partition coefficient (Wildman–Crippen LogP) is 5.17. The van der Waals surface area contributed by atoms with Gasteiger partial charge in [0.1, 0.15) is 0 Å². The van der Waals surface area contributed by atoms with Crippen LogP contribution in [0.15, 0.2) is 48.7 Å². The second kappa shape index (κ2) is 9.86. The van der Waals surface area contributed by atoms with Crippen LogP contribution in [0.2, 0.25) is 0 Å². The molecule has 38 heavy (non-hydrogen) atoms. The maximum Gasteiger partial charge on any atom is 0.453 e. The van der Waals surface area contributed by atoms with Crippen molar-refractivity contribution in [2.24, 2.45) is 7.05 Å². The minimum atomic E-state index is -4.69. The number of rotatable bonds is 5. The van der Waals surface area contributed by atoms with Gasteiger partial charge in [0, 0.05) is 25.0 Å². The van der Waals surface area contributed by atoms with E-state index in [1.54, 1.807) is 42.2 Å². The molecular formula is C27H29F3N8. The predicted molar refractivity (Wildman–Crippen MR) is 137 cm³/mol. The lowest BCUT2D eigenvalue weighted by Gasteiger charge is -2.25. The number of benzene rings is 1. The van der Waals surface area contributed by atoms with Crippen LogP contribution in [0.4, 0.5) is 24.8 Å². The smallest absolute Gasteiger partial charge is 0.324 e. The molecule has 4 aromatic rings. The summed E-state index contributed by atoms with van der Waals surface area (Å²) < 4.78 is 43.6. The normalized spacial score (nSPS) is 18.4. The SMILES string of the molecule is Cn1nccc1-c1cccc(-n2nc(C(F)(F)F)nc2Nc2ccc3c(c2)CCC(N2CCCC2)CC3)n1. The first kappa shape index (κ1) is 24.6. The number of alkyl halides is 3. The third-order valence-corrected chi connectivity index (χ3v) is 7.51. The number of likely N-dealkylation sites (tertiary alicyclic amines) is 1. The van der Waals surface area contributed by atoms with Gasteiger partial charge in [-0.2, -0.15) is 27.9 Å². The van der Waals surface area contributed by atoms with E-state index in [9.17, 15) is 13.2 Å². The zero-order chi connectivity index (χ0) is 26.3. The van der Waals surface area contributed by atoms with Gasteiger partial charge in [-0.1, -0.05) is 12.1 Å². The summed E-state index contributed by atoms with van der Waals surface area (Å²) in [4.78, 5) is 11.0. The summed E-state index contributed by atoms with van der Waals surface area (Å²) in [7, 11) is 1.78. The average molecular weight is 523 g/mol. The van der Waals surface area contributed by atoms with Gasteiger partial charge in [0.15, 0.2) is 5.82 Å². The summed E-state index contributed by atoms with van der Waals surface area (Å²) in [6, 6.07) is 13.5. The van der Waals surface area contributed by atoms with Crippen LogP contribution in [0.3, 0.4) is 0 Å². The summed E-state index contributed by atoms with van der Waals surface area (Å²) in [5.41, 5.74) is 4.51. The second-order valence-corrected chi connectivity index (χ2v) is 9.97. The fourth-order valence-corrected chi connectivity index (χ4v) is 5.55. The van der Waals surface area contributed by atoms with Crippen LogP contribution >= 0.6 is 0 Å². The number of aromatic nitrogens is 6. The molecule has 1 saturated heterocycles. The second-order valence-electron chi connectivity index (χ2n) is 9.97. The molecular weight excluding hydrogens is 493 g/mol. The Hall–Kier alpha value is -3.73. The fraction of sp³-hybridized carbons (Fsp3) is 0.407. The van der Waals surface area contributed by atoms with Gasteiger partial charge in [0.2, 0.25) is 5.95 Å². The topological polar surface area (TPSA) is 76.7 Å². The van der Waals surface area contributed by atoms with Crippen molar-refractivity contribution in [1.82, 2.24) is 34.4 Å². The summed E-state index contributed by atoms with van der Waals surface area (Å²) >= 11 is 0. The molecule has 6 rings (SSSR count). The Morgan fingerprint density at radius 2 is 1.74 bits per heavy atom. The van der Waals surface area contributed by atoms with Crippen molar-refractivity contribution in [2.45, 2.75) is 50.7 Å². The van der Waals surface area contributed by atoms with Crippen LogP contribution in [0.1, 0.15) is 42.6 Å². The lowest BCUT2D eigenvalue weighted by Crippen LogP contribution is -2.32. The van der Waals surface area contributed by atoms with E-state index in [2.05, 4.69) is 36.4 Å². The highest BCUT2D eigenvalue weighted by atomic mass is 19.4. The molecule has 0 saturated carbocycles. The summed E-state index contributed by atoms with van der Waals surface area (Å²) in [6.07, 6.45) is 3.68. The van der Waals surface area contributed by atoms with Crippen molar-refractivity contribution in [2.75, 3.05) is 18.4 Å². The van der Waals surface area contributed by atoms with E-state index in [0.29, 0.717) is 17.4 Å². The minimum absolute atomic E-state index is 0.0458. The van der Waals surface area contributed by atoms with E-state index in [-0.39, 0.29) is 11.8 Å². The summed E-state index contributed by atoms with van der Waals surface area (Å²) in [5.74, 6) is -1.05. The van der Waals surface area contributed by atoms with E-state index in [1.165, 1.54) is 37.1 Å². The molecule has 0 spiro atoms. The number of hydrogen-bond donors (Lipinski definition) is 1. The highest BCUT2D eigenvalue weighted by Crippen LogP contribution is 2.32. The third-order valence-electron chi connectivity index (χ3n) is 7.51. The zero-order valence-corrected chi connectivity index (χ0v) is 21.1. The molecule has 8 nitrogen and oxygen atoms in total. The number of fused-ring (bicyclic) bond motifs is 1. The molecule has 2 aliphatic rings. The maximum atomic E-state index is 13.6. The Morgan fingerprint density at radius 1 is 0.947 bits per heavy atom. The Kier molecular flexibility index (Phi) is 6.38. The fourth-order valence-electron chi connectivity index (χ4n) is 5.55. The van der Waals surface area contributed by atoms with Gasteiger partial charge in [-0.05, 0) is 93.1 Å². The van der Waals surface area contributed by atoms with Gasteiger partial charge < -0.3 is 10.2 Å². The van der Waals surface area contributed by atoms with E-state index in [4.69, 9.17) is 0 Å². The Morgan fingerprint density at radius 3 is 2.47 bits per heavy atom. The molecule has 1 N–H and O–H groups in total. The minimum Gasteiger partial charge on any atom is -0.324 e. The maximum absolute atomic E-state index is 13.6. The number of anilines is 2. The van der Waals surface area contributed by atoms with Gasteiger partial charge >= 0.3 is 6.18 Å². The summed E-state index contributed by atoms with van der Waals surface area (Å²) in [5, 5.41) is 11.0. The van der Waals surface area contributed by atoms with Crippen molar-refractivity contribution in [3.63, 3.8) is 0 Å². The molecule has 1 aliphatic carbocycles. The van der Waals surface area contributed by atoms with Gasteiger partial charge in [-0.3, -0.25) is 4.68 Å². The monoisotopic (exact) mass is 522 g/mol. The molecule has 1 aromatic carbocycles. The van der Waals surface area contributed by atoms with Crippen LogP contribution in [-0.2, 0) is 26.1 Å². The van der Waals surface area contributed by atoms with E-state index in [0.717, 1.165) is 36.1 Å². The molecule has 0 bridgehead atoms. The molecule has 198 valence electrons. The van der Waals surface area contributed by atoms with Crippen LogP contribution < -0.4 is 5.32 Å². The van der Waals surface area contributed by atoms with Crippen molar-refractivity contribution >= 4 is 11.6 Å². The van der Waals surface area contributed by atoms with E-state index < -0.39 is 12.0 Å². The number of halogens is 3. The molecule has 0 radical (unpaired) electrons. The Bertz CT molecular complexity index is 1430. The highest BCUT2D eigenvalue weighted by molar-refractivity contribution is 5.59. The average Bonchev–Trinajstić information content (AvgIpc) is 3.64. The number of nitrogens with zero attached hydrogens (tertiary/aromatic N) is 7. The molecule has 1 fully saturated rings. The first-order valence-electron chi connectivity index (χ1n) is 13.0. The number of nitrogens with one attached hydrogen (secondary N) is 1. The largest absolute Gasteiger partial charge is 0.453 e. The van der Waals surface area contributed by atoms with Crippen molar-refractivity contribution < 1.29 is 13.2 Å². The standard InChI is InChI=1S/C27H29F3N8/c1-36-23(13-14-31-36)22-5-4-6-24(33-22)38-26(34-25(35-38)27(28,29)30)32-20-10-7-18-8-11-21(12-9-19(18)17-20)37-15-2-3-16-37/h4-7,10,13-14,17,21H,2-3,8-9,11-12,15-16H2,1H3,(H,32,34,35). The van der Waals surface area contributed by atoms with Crippen LogP contribution in [0.5, 0.6) is 0 Å². The van der Waals surface area contributed by atoms with Crippen molar-refractivity contribution in [3.05, 3.63) is 65.6 Å². The molecule has 4 heterocycles. The van der Waals surface area contributed by atoms with E-state index >= 15 is 0 Å². The van der Waals surface area contributed by atoms with Gasteiger partial charge in [0.05, 0.1) is 11.4 Å². The molecule has 11 heteroatoms. The van der Waals surface area contributed by atoms with Crippen LogP contribution in [0.25, 0.3) is 17.2 Å². The molecule has 1 atom stereocenters. The van der Waals surface area contributed by atoms with Gasteiger partial charge in [-0.25, -0.2) is 4.98 Å². The number of aryl methyl sites for hydroxylation is 3. The van der Waals surface area contributed by atoms with E-state index in [1.807, 2.05) is 12.1 Å². The zero-order valence-electron chi connectivity index (χ0n) is 21.1. The molecule has 0 amide bonds. The lowest BCUT2D eigenvalue weighted by molar-refractivity contribution is -0.144. The first-order valence-corrected chi connectivity index (χ1v) is 13.0. The third kappa shape index (κ3) is 4.90. The molecule has 1 unspecified atom stereocenters. The lowest BCUT2D eigenvalue weighted by atomic mass is 10.0. The first-order chi connectivity index (χ1) is 18.3. The molecule has 1 aliphatic heterocycles. The highest BCUT2D eigenvalue weighted by Gasteiger charge is 2.37. The summed E-state index contributed by atoms with van der Waals surface area (Å²) in [6.45, 7) is 2.36. The van der Waals surface area contributed by atoms with Gasteiger partial charge in [0.25, 0.3) is 5.82 Å². The Labute approximate surface area is 218 Å². The van der Waals surface area contributed by atoms with Crippen LogP contribution in [0, 0.1) is 0 Å². The quantitative estimate of drug-likeness (QED) is 0.365. The van der Waals surface area contributed by atoms with Crippen molar-refractivity contribution in [1.29, 1.82) is 0 Å². The number of pyridine rings is 1.